The maximum absolute atomic E-state index is 11.5. The lowest BCUT2D eigenvalue weighted by atomic mass is 10.2. The molecular formula is C21H21NO6. The van der Waals surface area contributed by atoms with Gasteiger partial charge in [-0.15, -0.1) is 0 Å². The van der Waals surface area contributed by atoms with Gasteiger partial charge in [0.05, 0.1) is 16.0 Å². The number of ether oxygens (including phenoxy) is 4. The van der Waals surface area contributed by atoms with Gasteiger partial charge in [0.15, 0.2) is 13.2 Å². The number of hydrogen-bond acceptors (Lipinski definition) is 7. The zero-order valence-corrected chi connectivity index (χ0v) is 15.6. The minimum absolute atomic E-state index is 0.0585. The second-order valence-electron chi connectivity index (χ2n) is 5.24. The Bertz CT molecular complexity index is 907. The van der Waals surface area contributed by atoms with Crippen LogP contribution in [0, 0.1) is 11.8 Å². The molecule has 1 aromatic carbocycles. The molecule has 2 aromatic rings. The number of rotatable bonds is 8. The second-order valence-corrected chi connectivity index (χ2v) is 5.24. The van der Waals surface area contributed by atoms with Crippen molar-refractivity contribution < 1.29 is 31.3 Å². The average Bonchev–Trinajstić information content (AvgIpc) is 2.69. The van der Waals surface area contributed by atoms with Crippen molar-refractivity contribution in [2.45, 2.75) is 13.8 Å². The van der Waals surface area contributed by atoms with Crippen molar-refractivity contribution in [2.75, 3.05) is 26.4 Å². The van der Waals surface area contributed by atoms with Crippen LogP contribution in [0.2, 0.25) is 0 Å². The predicted octanol–water partition coefficient (Wildman–Crippen LogP) is 2.37. The molecule has 2 rings (SSSR count). The number of nitrogens with zero attached hydrogens (tertiary/aromatic N) is 1. The molecule has 0 aliphatic heterocycles. The van der Waals surface area contributed by atoms with Gasteiger partial charge in [0.25, 0.3) is 0 Å². The van der Waals surface area contributed by atoms with E-state index in [0.717, 1.165) is 0 Å². The molecule has 0 atom stereocenters. The summed E-state index contributed by atoms with van der Waals surface area (Å²) in [5.74, 6) is 5.28. The number of benzene rings is 1. The summed E-state index contributed by atoms with van der Waals surface area (Å²) in [6, 6.07) is 7.57. The summed E-state index contributed by atoms with van der Waals surface area (Å²) in [5, 5.41) is 0. The minimum atomic E-state index is -0.522. The Hall–Kier alpha value is -3.53. The Morgan fingerprint density at radius 3 is 1.89 bits per heavy atom. The summed E-state index contributed by atoms with van der Waals surface area (Å²) < 4.78 is 35.7. The summed E-state index contributed by atoms with van der Waals surface area (Å²) in [4.78, 5) is 26.7. The Balaban J connectivity index is 2.25. The number of carbonyl (C=O) groups is 2. The zero-order chi connectivity index (χ0) is 21.9. The highest BCUT2D eigenvalue weighted by Crippen LogP contribution is 2.23. The average molecular weight is 385 g/mol. The number of esters is 2. The molecule has 0 bridgehead atoms. The monoisotopic (exact) mass is 385 g/mol. The molecule has 0 spiro atoms. The van der Waals surface area contributed by atoms with Gasteiger partial charge in [0.2, 0.25) is 0 Å². The molecule has 0 N–H and O–H groups in total. The summed E-state index contributed by atoms with van der Waals surface area (Å²) in [6.45, 7) is 3.28. The van der Waals surface area contributed by atoms with E-state index in [2.05, 4.69) is 16.8 Å². The van der Waals surface area contributed by atoms with Crippen LogP contribution in [0.3, 0.4) is 0 Å². The molecule has 146 valence electrons. The van der Waals surface area contributed by atoms with Crippen molar-refractivity contribution in [1.29, 1.82) is 0 Å². The van der Waals surface area contributed by atoms with Crippen molar-refractivity contribution in [3.8, 4) is 23.3 Å². The van der Waals surface area contributed by atoms with Gasteiger partial charge < -0.3 is 18.9 Å². The lowest BCUT2D eigenvalue weighted by Gasteiger charge is -2.10. The van der Waals surface area contributed by atoms with E-state index in [1.54, 1.807) is 26.0 Å². The van der Waals surface area contributed by atoms with Crippen LogP contribution in [-0.2, 0) is 19.1 Å². The topological polar surface area (TPSA) is 84.0 Å². The maximum Gasteiger partial charge on any atom is 0.344 e. The first-order valence-corrected chi connectivity index (χ1v) is 8.58. The van der Waals surface area contributed by atoms with Crippen molar-refractivity contribution in [3.05, 3.63) is 53.8 Å². The molecule has 0 fully saturated rings. The first-order valence-electron chi connectivity index (χ1n) is 9.58. The standard InChI is InChI=1S/C21H21NO6/c1-3-25-20(23)14-27-18-11-17(6-5-16-7-9-22-10-8-16)12-19(13-18)28-15-21(24)26-4-2/h7-13H,3-4,14-15H2,1-2H3/i9D,10D. The van der Waals surface area contributed by atoms with Gasteiger partial charge in [0.1, 0.15) is 11.5 Å². The quantitative estimate of drug-likeness (QED) is 0.509. The Morgan fingerprint density at radius 2 is 1.39 bits per heavy atom. The first-order chi connectivity index (χ1) is 14.4. The van der Waals surface area contributed by atoms with Crippen LogP contribution >= 0.6 is 0 Å². The molecule has 0 saturated heterocycles. The Labute approximate surface area is 166 Å². The second kappa shape index (κ2) is 11.2. The summed E-state index contributed by atoms with van der Waals surface area (Å²) in [5.41, 5.74) is 0.928. The molecule has 1 aromatic heterocycles. The van der Waals surface area contributed by atoms with Crippen molar-refractivity contribution in [1.82, 2.24) is 4.98 Å². The third-order valence-corrected chi connectivity index (χ3v) is 3.12. The number of pyridine rings is 1. The van der Waals surface area contributed by atoms with Crippen LogP contribution in [0.1, 0.15) is 27.7 Å². The lowest BCUT2D eigenvalue weighted by Crippen LogP contribution is -2.15. The fourth-order valence-electron chi connectivity index (χ4n) is 2.00. The van der Waals surface area contributed by atoms with E-state index in [-0.39, 0.29) is 38.8 Å². The summed E-state index contributed by atoms with van der Waals surface area (Å²) in [7, 11) is 0. The van der Waals surface area contributed by atoms with E-state index in [4.69, 9.17) is 21.7 Å². The number of hydrogen-bond donors (Lipinski definition) is 0. The van der Waals surface area contributed by atoms with Crippen molar-refractivity contribution in [2.24, 2.45) is 0 Å². The van der Waals surface area contributed by atoms with Crippen LogP contribution in [0.4, 0.5) is 0 Å². The van der Waals surface area contributed by atoms with Crippen LogP contribution < -0.4 is 9.47 Å². The zero-order valence-electron chi connectivity index (χ0n) is 17.6. The largest absolute Gasteiger partial charge is 0.482 e. The third-order valence-electron chi connectivity index (χ3n) is 3.12. The SMILES string of the molecule is [2H]c1cc(C#Cc2cc(OCC(=O)OCC)cc(OCC(=O)OCC)c2)cc([2H])n1. The smallest absolute Gasteiger partial charge is 0.344 e. The highest BCUT2D eigenvalue weighted by atomic mass is 16.6. The van der Waals surface area contributed by atoms with Crippen molar-refractivity contribution in [3.63, 3.8) is 0 Å². The Morgan fingerprint density at radius 1 is 0.893 bits per heavy atom. The van der Waals surface area contributed by atoms with Crippen LogP contribution in [0.5, 0.6) is 11.5 Å². The molecular weight excluding hydrogens is 362 g/mol. The normalized spacial score (nSPS) is 10.6. The van der Waals surface area contributed by atoms with Crippen LogP contribution in [0.15, 0.2) is 42.7 Å². The minimum Gasteiger partial charge on any atom is -0.482 e. The van der Waals surface area contributed by atoms with Gasteiger partial charge in [-0.2, -0.15) is 0 Å². The van der Waals surface area contributed by atoms with Gasteiger partial charge in [-0.1, -0.05) is 11.8 Å². The van der Waals surface area contributed by atoms with Crippen LogP contribution in [-0.4, -0.2) is 43.4 Å². The summed E-state index contributed by atoms with van der Waals surface area (Å²) in [6.07, 6.45) is -0.117. The molecule has 0 aliphatic carbocycles. The highest BCUT2D eigenvalue weighted by Gasteiger charge is 2.08. The molecule has 7 heteroatoms. The van der Waals surface area contributed by atoms with E-state index in [1.165, 1.54) is 18.2 Å². The highest BCUT2D eigenvalue weighted by molar-refractivity contribution is 5.71. The van der Waals surface area contributed by atoms with E-state index in [9.17, 15) is 9.59 Å². The first kappa shape index (κ1) is 17.9. The Kier molecular flexibility index (Phi) is 7.17. The van der Waals surface area contributed by atoms with E-state index in [0.29, 0.717) is 22.6 Å². The number of aromatic nitrogens is 1. The summed E-state index contributed by atoms with van der Waals surface area (Å²) >= 11 is 0. The molecule has 0 saturated carbocycles. The molecule has 0 unspecified atom stereocenters. The van der Waals surface area contributed by atoms with Gasteiger partial charge in [-0.3, -0.25) is 4.98 Å². The molecule has 0 radical (unpaired) electrons. The van der Waals surface area contributed by atoms with E-state index < -0.39 is 11.9 Å². The predicted molar refractivity (Wildman–Crippen MR) is 101 cm³/mol. The van der Waals surface area contributed by atoms with Gasteiger partial charge in [-0.25, -0.2) is 9.59 Å². The molecule has 0 amide bonds. The fraction of sp³-hybridized carbons (Fsp3) is 0.286. The lowest BCUT2D eigenvalue weighted by molar-refractivity contribution is -0.146. The molecule has 28 heavy (non-hydrogen) atoms. The van der Waals surface area contributed by atoms with Gasteiger partial charge >= 0.3 is 11.9 Å². The molecule has 0 aliphatic rings. The van der Waals surface area contributed by atoms with E-state index >= 15 is 0 Å². The molecule has 7 nitrogen and oxygen atoms in total. The number of carbonyl (C=O) groups excluding carboxylic acids is 2. The van der Waals surface area contributed by atoms with Crippen molar-refractivity contribution >= 4 is 11.9 Å². The van der Waals surface area contributed by atoms with Crippen LogP contribution in [0.25, 0.3) is 0 Å². The van der Waals surface area contributed by atoms with E-state index in [1.807, 2.05) is 0 Å². The fourth-order valence-corrected chi connectivity index (χ4v) is 2.00. The third kappa shape index (κ3) is 7.38. The molecule has 1 heterocycles. The maximum atomic E-state index is 11.5. The van der Waals surface area contributed by atoms with Gasteiger partial charge in [0, 0.05) is 29.5 Å². The van der Waals surface area contributed by atoms with Gasteiger partial charge in [-0.05, 0) is 38.1 Å².